The fraction of sp³-hybridized carbons (Fsp3) is 0.429. The summed E-state index contributed by atoms with van der Waals surface area (Å²) in [5.74, 6) is 0. The molecule has 0 aliphatic carbocycles. The Balaban J connectivity index is 2.44. The zero-order valence-corrected chi connectivity index (χ0v) is 14.7. The summed E-state index contributed by atoms with van der Waals surface area (Å²) >= 11 is 2.92. The Labute approximate surface area is 133 Å². The highest BCUT2D eigenvalue weighted by Crippen LogP contribution is 2.34. The van der Waals surface area contributed by atoms with Crippen LogP contribution in [0.3, 0.4) is 0 Å². The number of thiophene rings is 1. The van der Waals surface area contributed by atoms with Gasteiger partial charge in [0.1, 0.15) is 4.90 Å². The minimum Gasteiger partial charge on any atom is -0.391 e. The van der Waals surface area contributed by atoms with Crippen molar-refractivity contribution < 1.29 is 13.5 Å². The summed E-state index contributed by atoms with van der Waals surface area (Å²) in [6.07, 6.45) is 1.95. The zero-order valence-electron chi connectivity index (χ0n) is 12.2. The van der Waals surface area contributed by atoms with Crippen LogP contribution in [0.25, 0.3) is 10.1 Å². The van der Waals surface area contributed by atoms with Crippen molar-refractivity contribution in [2.75, 3.05) is 12.8 Å². The Hall–Kier alpha value is -0.600. The predicted molar refractivity (Wildman–Crippen MR) is 90.5 cm³/mol. The largest absolute Gasteiger partial charge is 0.391 e. The van der Waals surface area contributed by atoms with Gasteiger partial charge in [-0.1, -0.05) is 18.2 Å². The second-order valence-electron chi connectivity index (χ2n) is 5.30. The summed E-state index contributed by atoms with van der Waals surface area (Å²) in [5.41, 5.74) is 0. The number of rotatable bonds is 6. The molecular weight excluding hydrogens is 326 g/mol. The van der Waals surface area contributed by atoms with E-state index in [1.165, 1.54) is 11.3 Å². The number of fused-ring (bicyclic) bond motifs is 1. The van der Waals surface area contributed by atoms with Crippen molar-refractivity contribution >= 4 is 43.2 Å². The maximum absolute atomic E-state index is 12.6. The van der Waals surface area contributed by atoms with Crippen LogP contribution in [0.2, 0.25) is 0 Å². The maximum Gasteiger partial charge on any atom is 0.242 e. The Morgan fingerprint density at radius 1 is 1.33 bits per heavy atom. The quantitative estimate of drug-likeness (QED) is 0.845. The molecule has 2 N–H and O–H groups in total. The summed E-state index contributed by atoms with van der Waals surface area (Å²) in [7, 11) is -3.64. The van der Waals surface area contributed by atoms with Gasteiger partial charge in [0.2, 0.25) is 10.0 Å². The minimum atomic E-state index is -3.64. The van der Waals surface area contributed by atoms with Gasteiger partial charge in [0.25, 0.3) is 0 Å². The van der Waals surface area contributed by atoms with Gasteiger partial charge in [-0.05, 0) is 26.2 Å². The zero-order chi connectivity index (χ0) is 15.7. The summed E-state index contributed by atoms with van der Waals surface area (Å²) < 4.78 is 28.6. The van der Waals surface area contributed by atoms with Crippen LogP contribution in [0, 0.1) is 0 Å². The van der Waals surface area contributed by atoms with Crippen molar-refractivity contribution in [1.29, 1.82) is 0 Å². The van der Waals surface area contributed by atoms with Gasteiger partial charge in [-0.3, -0.25) is 0 Å². The van der Waals surface area contributed by atoms with E-state index < -0.39 is 10.0 Å². The summed E-state index contributed by atoms with van der Waals surface area (Å²) in [4.78, 5) is 0.688. The van der Waals surface area contributed by atoms with Gasteiger partial charge in [0, 0.05) is 21.4 Å². The molecule has 1 aromatic heterocycles. The molecule has 21 heavy (non-hydrogen) atoms. The molecule has 7 heteroatoms. The lowest BCUT2D eigenvalue weighted by Crippen LogP contribution is -2.36. The Bertz CT molecular complexity index is 735. The van der Waals surface area contributed by atoms with Gasteiger partial charge in [-0.15, -0.1) is 11.3 Å². The number of sulfonamides is 1. The molecule has 0 spiro atoms. The van der Waals surface area contributed by atoms with Crippen LogP contribution in [0.1, 0.15) is 18.7 Å². The van der Waals surface area contributed by atoms with E-state index in [1.54, 1.807) is 23.9 Å². The van der Waals surface area contributed by atoms with E-state index in [1.807, 2.05) is 32.2 Å². The average Bonchev–Trinajstić information content (AvgIpc) is 2.84. The number of benzene rings is 1. The highest BCUT2D eigenvalue weighted by Gasteiger charge is 2.26. The third-order valence-electron chi connectivity index (χ3n) is 3.27. The number of hydrogen-bond donors (Lipinski definition) is 2. The van der Waals surface area contributed by atoms with Gasteiger partial charge >= 0.3 is 0 Å². The van der Waals surface area contributed by atoms with E-state index in [0.29, 0.717) is 16.8 Å². The van der Waals surface area contributed by atoms with Crippen LogP contribution in [0.15, 0.2) is 29.2 Å². The van der Waals surface area contributed by atoms with Crippen LogP contribution < -0.4 is 4.72 Å². The third-order valence-corrected chi connectivity index (χ3v) is 7.33. The lowest BCUT2D eigenvalue weighted by Gasteiger charge is -2.22. The van der Waals surface area contributed by atoms with E-state index >= 15 is 0 Å². The first-order valence-corrected chi connectivity index (χ1v) is 9.99. The topological polar surface area (TPSA) is 66.4 Å². The van der Waals surface area contributed by atoms with Crippen molar-refractivity contribution in [3.8, 4) is 0 Å². The number of aliphatic hydroxyl groups excluding tert-OH is 1. The molecule has 0 saturated heterocycles. The predicted octanol–water partition coefficient (Wildman–Crippen LogP) is 2.81. The monoisotopic (exact) mass is 345 g/mol. The van der Waals surface area contributed by atoms with Crippen molar-refractivity contribution in [2.45, 2.75) is 30.1 Å². The molecule has 0 fully saturated rings. The molecule has 4 nitrogen and oxygen atoms in total. The SMILES string of the molecule is CSC(C)(C)CNS(=O)(=O)c1c(CO)sc2ccccc12. The van der Waals surface area contributed by atoms with Crippen LogP contribution in [0.5, 0.6) is 0 Å². The molecule has 0 bridgehead atoms. The summed E-state index contributed by atoms with van der Waals surface area (Å²) in [6, 6.07) is 7.31. The standard InChI is InChI=1S/C14H19NO3S3/c1-14(2,19-3)9-15-21(17,18)13-10-6-4-5-7-11(10)20-12(13)8-16/h4-7,15-16H,8-9H2,1-3H3. The molecule has 0 aliphatic heterocycles. The van der Waals surface area contributed by atoms with Crippen molar-refractivity contribution in [2.24, 2.45) is 0 Å². The van der Waals surface area contributed by atoms with Crippen LogP contribution >= 0.6 is 23.1 Å². The second kappa shape index (κ2) is 6.26. The van der Waals surface area contributed by atoms with Crippen LogP contribution in [0.4, 0.5) is 0 Å². The molecule has 0 saturated carbocycles. The van der Waals surface area contributed by atoms with E-state index in [2.05, 4.69) is 4.72 Å². The Kier molecular flexibility index (Phi) is 4.99. The van der Waals surface area contributed by atoms with Crippen LogP contribution in [-0.4, -0.2) is 31.1 Å². The fourth-order valence-corrected chi connectivity index (χ4v) is 5.20. The second-order valence-corrected chi connectivity index (χ2v) is 9.65. The van der Waals surface area contributed by atoms with E-state index in [9.17, 15) is 13.5 Å². The average molecular weight is 346 g/mol. The normalized spacial score (nSPS) is 13.0. The molecule has 2 rings (SSSR count). The molecule has 0 aliphatic rings. The number of aliphatic hydroxyl groups is 1. The summed E-state index contributed by atoms with van der Waals surface area (Å²) in [6.45, 7) is 4.03. The molecule has 0 radical (unpaired) electrons. The molecule has 0 unspecified atom stereocenters. The van der Waals surface area contributed by atoms with Crippen molar-refractivity contribution in [3.63, 3.8) is 0 Å². The molecular formula is C14H19NO3S3. The van der Waals surface area contributed by atoms with Gasteiger partial charge in [0.15, 0.2) is 0 Å². The molecule has 2 aromatic rings. The minimum absolute atomic E-state index is 0.182. The number of nitrogens with one attached hydrogen (secondary N) is 1. The molecule has 0 atom stereocenters. The highest BCUT2D eigenvalue weighted by molar-refractivity contribution is 8.00. The molecule has 1 heterocycles. The van der Waals surface area contributed by atoms with Gasteiger partial charge in [-0.25, -0.2) is 13.1 Å². The van der Waals surface area contributed by atoms with E-state index in [4.69, 9.17) is 0 Å². The molecule has 116 valence electrons. The molecule has 1 aromatic carbocycles. The fourth-order valence-electron chi connectivity index (χ4n) is 1.88. The number of thioether (sulfide) groups is 1. The first-order chi connectivity index (χ1) is 9.80. The maximum atomic E-state index is 12.6. The Morgan fingerprint density at radius 3 is 2.62 bits per heavy atom. The summed E-state index contributed by atoms with van der Waals surface area (Å²) in [5, 5.41) is 10.1. The van der Waals surface area contributed by atoms with Gasteiger partial charge < -0.3 is 5.11 Å². The van der Waals surface area contributed by atoms with Gasteiger partial charge in [0.05, 0.1) is 11.5 Å². The molecule has 0 amide bonds. The first kappa shape index (κ1) is 16.8. The van der Waals surface area contributed by atoms with Gasteiger partial charge in [-0.2, -0.15) is 11.8 Å². The lowest BCUT2D eigenvalue weighted by atomic mass is 10.2. The van der Waals surface area contributed by atoms with Crippen molar-refractivity contribution in [3.05, 3.63) is 29.1 Å². The van der Waals surface area contributed by atoms with Crippen LogP contribution in [-0.2, 0) is 16.6 Å². The van der Waals surface area contributed by atoms with E-state index in [-0.39, 0.29) is 16.2 Å². The number of hydrogen-bond acceptors (Lipinski definition) is 5. The first-order valence-electron chi connectivity index (χ1n) is 6.47. The van der Waals surface area contributed by atoms with Crippen molar-refractivity contribution in [1.82, 2.24) is 4.72 Å². The lowest BCUT2D eigenvalue weighted by molar-refractivity contribution is 0.283. The Morgan fingerprint density at radius 2 is 2.00 bits per heavy atom. The third kappa shape index (κ3) is 3.60. The smallest absolute Gasteiger partial charge is 0.242 e. The van der Waals surface area contributed by atoms with E-state index in [0.717, 1.165) is 4.70 Å². The highest BCUT2D eigenvalue weighted by atomic mass is 32.2.